The summed E-state index contributed by atoms with van der Waals surface area (Å²) in [6.45, 7) is 0. The number of rotatable bonds is 2. The molecular weight excluding hydrogens is 502 g/mol. The summed E-state index contributed by atoms with van der Waals surface area (Å²) in [6, 6.07) is 15.9. The SMILES string of the molecule is Cl[Te](Cl)(c1ccc(Br)cc1)c1ccc(Br)cc1. The van der Waals surface area contributed by atoms with Crippen LogP contribution in [0.3, 0.4) is 0 Å². The third-order valence-electron chi connectivity index (χ3n) is 2.22. The van der Waals surface area contributed by atoms with E-state index in [1.165, 1.54) is 0 Å². The van der Waals surface area contributed by atoms with Crippen LogP contribution in [0, 0.1) is 0 Å². The van der Waals surface area contributed by atoms with Crippen molar-refractivity contribution in [2.45, 2.75) is 0 Å². The van der Waals surface area contributed by atoms with Gasteiger partial charge in [0.2, 0.25) is 0 Å². The zero-order chi connectivity index (χ0) is 12.5. The fourth-order valence-corrected chi connectivity index (χ4v) is 8.14. The molecule has 0 bridgehead atoms. The summed E-state index contributed by atoms with van der Waals surface area (Å²) in [5, 5.41) is 0. The van der Waals surface area contributed by atoms with Gasteiger partial charge in [-0.1, -0.05) is 0 Å². The first-order valence-electron chi connectivity index (χ1n) is 4.74. The predicted octanol–water partition coefficient (Wildman–Crippen LogP) is 4.25. The molecule has 0 saturated carbocycles. The summed E-state index contributed by atoms with van der Waals surface area (Å²) in [4.78, 5) is 0. The number of halogens is 4. The molecule has 2 rings (SSSR count). The molecule has 0 heterocycles. The standard InChI is InChI=1S/C12H8Br2Cl2Te/c13-9-1-5-11(6-2-9)17(15,16)12-7-3-10(14)4-8-12/h1-8H. The Hall–Kier alpha value is 0.770. The fraction of sp³-hybridized carbons (Fsp3) is 0. The molecule has 0 aliphatic rings. The Balaban J connectivity index is 2.41. The van der Waals surface area contributed by atoms with Crippen LogP contribution in [0.1, 0.15) is 0 Å². The minimum absolute atomic E-state index is 1.03. The second-order valence-corrected chi connectivity index (χ2v) is 17.8. The Morgan fingerprint density at radius 2 is 0.941 bits per heavy atom. The van der Waals surface area contributed by atoms with Gasteiger partial charge in [0.05, 0.1) is 0 Å². The molecule has 90 valence electrons. The van der Waals surface area contributed by atoms with Gasteiger partial charge < -0.3 is 0 Å². The van der Waals surface area contributed by atoms with Crippen LogP contribution in [0.25, 0.3) is 0 Å². The third kappa shape index (κ3) is 3.41. The van der Waals surface area contributed by atoms with Gasteiger partial charge in [0.15, 0.2) is 0 Å². The van der Waals surface area contributed by atoms with Crippen molar-refractivity contribution in [2.75, 3.05) is 0 Å². The molecule has 0 amide bonds. The van der Waals surface area contributed by atoms with Gasteiger partial charge in [0.1, 0.15) is 0 Å². The van der Waals surface area contributed by atoms with Crippen LogP contribution in [-0.2, 0) is 0 Å². The van der Waals surface area contributed by atoms with Crippen LogP contribution >= 0.6 is 49.8 Å². The molecule has 5 heteroatoms. The normalized spacial score (nSPS) is 12.5. The molecule has 0 spiro atoms. The average molecular weight is 511 g/mol. The molecule has 0 N–H and O–H groups in total. The van der Waals surface area contributed by atoms with Crippen LogP contribution in [0.15, 0.2) is 57.5 Å². The summed E-state index contributed by atoms with van der Waals surface area (Å²) in [5.41, 5.74) is 0. The molecule has 0 aliphatic heterocycles. The molecule has 0 unspecified atom stereocenters. The van der Waals surface area contributed by atoms with Crippen LogP contribution in [-0.4, -0.2) is 15.9 Å². The number of benzene rings is 2. The van der Waals surface area contributed by atoms with Crippen molar-refractivity contribution in [1.82, 2.24) is 0 Å². The van der Waals surface area contributed by atoms with Crippen LogP contribution in [0.4, 0.5) is 0 Å². The van der Waals surface area contributed by atoms with Gasteiger partial charge in [-0.2, -0.15) is 0 Å². The van der Waals surface area contributed by atoms with E-state index in [4.69, 9.17) is 17.9 Å². The molecule has 0 aromatic heterocycles. The summed E-state index contributed by atoms with van der Waals surface area (Å²) >= 11 is 3.64. The predicted molar refractivity (Wildman–Crippen MR) is 85.0 cm³/mol. The second kappa shape index (κ2) is 5.82. The van der Waals surface area contributed by atoms with Crippen molar-refractivity contribution in [3.05, 3.63) is 57.5 Å². The van der Waals surface area contributed by atoms with Gasteiger partial charge in [-0.3, -0.25) is 0 Å². The molecule has 0 nitrogen and oxygen atoms in total. The van der Waals surface area contributed by atoms with Crippen LogP contribution in [0.5, 0.6) is 0 Å². The monoisotopic (exact) mass is 510 g/mol. The molecule has 0 aliphatic carbocycles. The quantitative estimate of drug-likeness (QED) is 0.531. The van der Waals surface area contributed by atoms with Crippen molar-refractivity contribution in [3.63, 3.8) is 0 Å². The molecule has 0 radical (unpaired) electrons. The van der Waals surface area contributed by atoms with Crippen molar-refractivity contribution >= 4 is 73.0 Å². The molecule has 2 aromatic rings. The Labute approximate surface area is 129 Å². The second-order valence-electron chi connectivity index (χ2n) is 3.38. The van der Waals surface area contributed by atoms with E-state index >= 15 is 0 Å². The maximum atomic E-state index is 6.62. The van der Waals surface area contributed by atoms with E-state index in [0.717, 1.165) is 16.2 Å². The van der Waals surface area contributed by atoms with E-state index in [1.54, 1.807) is 0 Å². The topological polar surface area (TPSA) is 0 Å². The van der Waals surface area contributed by atoms with E-state index in [2.05, 4.69) is 31.9 Å². The molecule has 17 heavy (non-hydrogen) atoms. The summed E-state index contributed by atoms with van der Waals surface area (Å²) in [6.07, 6.45) is 0. The Kier molecular flexibility index (Phi) is 4.86. The van der Waals surface area contributed by atoms with E-state index < -0.39 is 15.9 Å². The third-order valence-corrected chi connectivity index (χ3v) is 13.0. The van der Waals surface area contributed by atoms with E-state index in [1.807, 2.05) is 48.5 Å². The van der Waals surface area contributed by atoms with E-state index in [0.29, 0.717) is 0 Å². The van der Waals surface area contributed by atoms with Crippen molar-refractivity contribution < 1.29 is 0 Å². The first-order valence-corrected chi connectivity index (χ1v) is 14.6. The van der Waals surface area contributed by atoms with Gasteiger partial charge in [0.25, 0.3) is 0 Å². The van der Waals surface area contributed by atoms with E-state index in [9.17, 15) is 0 Å². The first-order chi connectivity index (χ1) is 8.00. The van der Waals surface area contributed by atoms with Crippen LogP contribution in [0.2, 0.25) is 0 Å². The van der Waals surface area contributed by atoms with Gasteiger partial charge in [-0.05, 0) is 0 Å². The zero-order valence-corrected chi connectivity index (χ0v) is 15.6. The van der Waals surface area contributed by atoms with Crippen LogP contribution < -0.4 is 7.22 Å². The zero-order valence-electron chi connectivity index (χ0n) is 8.54. The summed E-state index contributed by atoms with van der Waals surface area (Å²) < 4.78 is 4.15. The van der Waals surface area contributed by atoms with Gasteiger partial charge in [-0.25, -0.2) is 0 Å². The minimum atomic E-state index is -3.18. The molecular formula is C12H8Br2Cl2Te. The van der Waals surface area contributed by atoms with Crippen molar-refractivity contribution in [3.8, 4) is 0 Å². The fourth-order valence-electron chi connectivity index (χ4n) is 1.35. The maximum absolute atomic E-state index is 6.62. The Morgan fingerprint density at radius 3 is 1.24 bits per heavy atom. The molecule has 0 fully saturated rings. The van der Waals surface area contributed by atoms with Crippen molar-refractivity contribution in [2.24, 2.45) is 0 Å². The summed E-state index contributed by atoms with van der Waals surface area (Å²) in [7, 11) is 13.2. The Bertz CT molecular complexity index is 462. The van der Waals surface area contributed by atoms with E-state index in [-0.39, 0.29) is 0 Å². The number of hydrogen-bond donors (Lipinski definition) is 0. The van der Waals surface area contributed by atoms with Crippen molar-refractivity contribution in [1.29, 1.82) is 0 Å². The first kappa shape index (κ1) is 14.2. The summed E-state index contributed by atoms with van der Waals surface area (Å²) in [5.74, 6) is 0. The van der Waals surface area contributed by atoms with Gasteiger partial charge in [0, 0.05) is 0 Å². The Morgan fingerprint density at radius 1 is 0.647 bits per heavy atom. The molecule has 2 aromatic carbocycles. The molecule has 0 saturated heterocycles. The average Bonchev–Trinajstić information content (AvgIpc) is 2.30. The number of hydrogen-bond acceptors (Lipinski definition) is 0. The van der Waals surface area contributed by atoms with Gasteiger partial charge in [-0.15, -0.1) is 0 Å². The van der Waals surface area contributed by atoms with Gasteiger partial charge >= 0.3 is 130 Å². The molecule has 0 atom stereocenters.